The number of sulfone groups is 1. The molecule has 1 aliphatic rings. The number of carbonyl (C=O) groups is 1. The van der Waals surface area contributed by atoms with E-state index < -0.39 is 15.8 Å². The fourth-order valence-corrected chi connectivity index (χ4v) is 3.35. The maximum absolute atomic E-state index is 11.8. The van der Waals surface area contributed by atoms with Crippen molar-refractivity contribution in [1.29, 1.82) is 0 Å². The first-order chi connectivity index (χ1) is 9.26. The van der Waals surface area contributed by atoms with Crippen LogP contribution in [0.4, 0.5) is 0 Å². The van der Waals surface area contributed by atoms with Crippen LogP contribution in [0.15, 0.2) is 16.5 Å². The Morgan fingerprint density at radius 1 is 1.50 bits per heavy atom. The van der Waals surface area contributed by atoms with E-state index in [1.807, 2.05) is 12.1 Å². The Hall–Kier alpha value is -1.30. The van der Waals surface area contributed by atoms with Gasteiger partial charge >= 0.3 is 0 Å². The van der Waals surface area contributed by atoms with E-state index in [-0.39, 0.29) is 11.7 Å². The average molecular weight is 299 g/mol. The molecule has 1 aliphatic carbocycles. The summed E-state index contributed by atoms with van der Waals surface area (Å²) in [5.74, 6) is 1.92. The molecule has 112 valence electrons. The molecule has 0 saturated heterocycles. The third kappa shape index (κ3) is 4.10. The molecule has 0 aliphatic heterocycles. The van der Waals surface area contributed by atoms with E-state index in [2.05, 4.69) is 12.2 Å². The van der Waals surface area contributed by atoms with Crippen LogP contribution in [-0.4, -0.2) is 26.3 Å². The van der Waals surface area contributed by atoms with Crippen molar-refractivity contribution in [3.05, 3.63) is 23.7 Å². The minimum absolute atomic E-state index is 0.137. The van der Waals surface area contributed by atoms with Gasteiger partial charge in [0.15, 0.2) is 0 Å². The molecule has 0 spiro atoms. The first kappa shape index (κ1) is 15.1. The molecule has 0 radical (unpaired) electrons. The summed E-state index contributed by atoms with van der Waals surface area (Å²) >= 11 is 0. The molecular weight excluding hydrogens is 278 g/mol. The lowest BCUT2D eigenvalue weighted by molar-refractivity contribution is -0.124. The topological polar surface area (TPSA) is 76.4 Å². The van der Waals surface area contributed by atoms with E-state index in [0.29, 0.717) is 24.1 Å². The second-order valence-electron chi connectivity index (χ2n) is 5.83. The van der Waals surface area contributed by atoms with E-state index in [1.165, 1.54) is 0 Å². The highest BCUT2D eigenvalue weighted by atomic mass is 32.2. The van der Waals surface area contributed by atoms with Gasteiger partial charge in [-0.05, 0) is 24.5 Å². The Morgan fingerprint density at radius 2 is 2.15 bits per heavy atom. The van der Waals surface area contributed by atoms with E-state index >= 15 is 0 Å². The molecule has 1 aromatic heterocycles. The molecule has 1 fully saturated rings. The highest BCUT2D eigenvalue weighted by molar-refractivity contribution is 7.90. The predicted octanol–water partition coefficient (Wildman–Crippen LogP) is 1.70. The Bertz CT molecular complexity index is 590. The number of hydrogen-bond donors (Lipinski definition) is 1. The average Bonchev–Trinajstić information content (AvgIpc) is 2.88. The van der Waals surface area contributed by atoms with E-state index in [9.17, 15) is 13.2 Å². The number of carbonyl (C=O) groups excluding carboxylic acids is 1. The zero-order valence-corrected chi connectivity index (χ0v) is 12.9. The van der Waals surface area contributed by atoms with E-state index in [0.717, 1.165) is 18.4 Å². The molecule has 0 aromatic carbocycles. The largest absolute Gasteiger partial charge is 0.464 e. The van der Waals surface area contributed by atoms with Gasteiger partial charge in [0.1, 0.15) is 21.4 Å². The fourth-order valence-electron chi connectivity index (χ4n) is 2.29. The van der Waals surface area contributed by atoms with Crippen LogP contribution in [0, 0.1) is 11.8 Å². The smallest absolute Gasteiger partial charge is 0.224 e. The SMILES string of the molecule is C[C@H](CS(C)(=O)=O)C(=O)NCc1ccc([C@@H]2C[C@@H]2C)o1. The van der Waals surface area contributed by atoms with Gasteiger partial charge in [-0.15, -0.1) is 0 Å². The number of amides is 1. The van der Waals surface area contributed by atoms with Gasteiger partial charge in [-0.1, -0.05) is 13.8 Å². The molecule has 0 bridgehead atoms. The van der Waals surface area contributed by atoms with Crippen molar-refractivity contribution in [3.63, 3.8) is 0 Å². The summed E-state index contributed by atoms with van der Waals surface area (Å²) in [7, 11) is -3.14. The summed E-state index contributed by atoms with van der Waals surface area (Å²) in [6.45, 7) is 4.09. The number of furan rings is 1. The van der Waals surface area contributed by atoms with Gasteiger partial charge in [-0.2, -0.15) is 0 Å². The molecule has 20 heavy (non-hydrogen) atoms. The maximum Gasteiger partial charge on any atom is 0.224 e. The minimum Gasteiger partial charge on any atom is -0.464 e. The minimum atomic E-state index is -3.14. The summed E-state index contributed by atoms with van der Waals surface area (Å²) in [5, 5.41) is 2.71. The highest BCUT2D eigenvalue weighted by Gasteiger charge is 2.36. The lowest BCUT2D eigenvalue weighted by Crippen LogP contribution is -2.32. The fraction of sp³-hybridized carbons (Fsp3) is 0.643. The molecule has 1 amide bonds. The Labute approximate surface area is 119 Å². The Morgan fingerprint density at radius 3 is 2.70 bits per heavy atom. The lowest BCUT2D eigenvalue weighted by Gasteiger charge is -2.10. The molecule has 1 saturated carbocycles. The zero-order chi connectivity index (χ0) is 14.9. The first-order valence-electron chi connectivity index (χ1n) is 6.80. The van der Waals surface area contributed by atoms with Gasteiger partial charge in [-0.3, -0.25) is 4.79 Å². The summed E-state index contributed by atoms with van der Waals surface area (Å²) in [6.07, 6.45) is 2.29. The Balaban J connectivity index is 1.82. The Kier molecular flexibility index (Phi) is 4.22. The monoisotopic (exact) mass is 299 g/mol. The summed E-state index contributed by atoms with van der Waals surface area (Å²) < 4.78 is 28.0. The van der Waals surface area contributed by atoms with Crippen molar-refractivity contribution < 1.29 is 17.6 Å². The zero-order valence-electron chi connectivity index (χ0n) is 12.0. The van der Waals surface area contributed by atoms with Gasteiger partial charge in [-0.25, -0.2) is 8.42 Å². The molecule has 6 heteroatoms. The molecule has 1 N–H and O–H groups in total. The first-order valence-corrected chi connectivity index (χ1v) is 8.86. The third-order valence-electron chi connectivity index (χ3n) is 3.59. The van der Waals surface area contributed by atoms with Crippen LogP contribution in [-0.2, 0) is 21.2 Å². The second kappa shape index (κ2) is 5.60. The normalized spacial score (nSPS) is 23.4. The number of hydrogen-bond acceptors (Lipinski definition) is 4. The van der Waals surface area contributed by atoms with Crippen LogP contribution in [0.25, 0.3) is 0 Å². The van der Waals surface area contributed by atoms with Crippen LogP contribution >= 0.6 is 0 Å². The van der Waals surface area contributed by atoms with Gasteiger partial charge in [0.25, 0.3) is 0 Å². The molecule has 5 nitrogen and oxygen atoms in total. The van der Waals surface area contributed by atoms with Gasteiger partial charge < -0.3 is 9.73 Å². The van der Waals surface area contributed by atoms with Gasteiger partial charge in [0.2, 0.25) is 5.91 Å². The number of rotatable bonds is 6. The molecule has 1 heterocycles. The van der Waals surface area contributed by atoms with Crippen LogP contribution in [0.5, 0.6) is 0 Å². The predicted molar refractivity (Wildman–Crippen MR) is 76.0 cm³/mol. The van der Waals surface area contributed by atoms with Crippen molar-refractivity contribution in [2.75, 3.05) is 12.0 Å². The lowest BCUT2D eigenvalue weighted by atomic mass is 10.2. The van der Waals surface area contributed by atoms with Crippen molar-refractivity contribution in [2.24, 2.45) is 11.8 Å². The van der Waals surface area contributed by atoms with E-state index in [4.69, 9.17) is 4.42 Å². The van der Waals surface area contributed by atoms with Crippen LogP contribution in [0.3, 0.4) is 0 Å². The standard InChI is InChI=1S/C14H21NO4S/c1-9-6-12(9)13-5-4-11(19-13)7-15-14(16)10(2)8-20(3,17)18/h4-5,9-10,12H,6-8H2,1-3H3,(H,15,16)/t9-,10+,12+/m0/s1. The molecule has 1 aromatic rings. The summed E-state index contributed by atoms with van der Waals surface area (Å²) in [5.41, 5.74) is 0. The van der Waals surface area contributed by atoms with Gasteiger partial charge in [0.05, 0.1) is 12.3 Å². The quantitative estimate of drug-likeness (QED) is 0.867. The molecule has 3 atom stereocenters. The third-order valence-corrected chi connectivity index (χ3v) is 4.70. The van der Waals surface area contributed by atoms with Crippen molar-refractivity contribution >= 4 is 15.7 Å². The highest BCUT2D eigenvalue weighted by Crippen LogP contribution is 2.47. The van der Waals surface area contributed by atoms with Crippen LogP contribution in [0.2, 0.25) is 0 Å². The van der Waals surface area contributed by atoms with Crippen molar-refractivity contribution in [1.82, 2.24) is 5.32 Å². The molecular formula is C14H21NO4S. The maximum atomic E-state index is 11.8. The molecule has 0 unspecified atom stereocenters. The van der Waals surface area contributed by atoms with Gasteiger partial charge in [0, 0.05) is 18.1 Å². The van der Waals surface area contributed by atoms with E-state index in [1.54, 1.807) is 6.92 Å². The van der Waals surface area contributed by atoms with Crippen molar-refractivity contribution in [2.45, 2.75) is 32.7 Å². The van der Waals surface area contributed by atoms with Crippen LogP contribution < -0.4 is 5.32 Å². The number of nitrogens with one attached hydrogen (secondary N) is 1. The summed E-state index contributed by atoms with van der Waals surface area (Å²) in [6, 6.07) is 3.82. The van der Waals surface area contributed by atoms with Crippen molar-refractivity contribution in [3.8, 4) is 0 Å². The van der Waals surface area contributed by atoms with Crippen LogP contribution in [0.1, 0.15) is 37.7 Å². The molecule has 2 rings (SSSR count). The summed E-state index contributed by atoms with van der Waals surface area (Å²) in [4.78, 5) is 11.8. The second-order valence-corrected chi connectivity index (χ2v) is 8.02.